The summed E-state index contributed by atoms with van der Waals surface area (Å²) >= 11 is 0. The Morgan fingerprint density at radius 2 is 2.07 bits per heavy atom. The number of nitrogens with zero attached hydrogens (tertiary/aromatic N) is 3. The number of benzene rings is 1. The van der Waals surface area contributed by atoms with Gasteiger partial charge in [0.05, 0.1) is 17.9 Å². The Morgan fingerprint density at radius 1 is 1.22 bits per heavy atom. The number of rotatable bonds is 5. The maximum absolute atomic E-state index is 5.99. The largest absolute Gasteiger partial charge is 0.379 e. The molecule has 0 saturated carbocycles. The van der Waals surface area contributed by atoms with E-state index in [1.54, 1.807) is 0 Å². The molecule has 136 valence electrons. The Hall–Kier alpha value is -3.30. The number of hydrogen-bond donors (Lipinski definition) is 2. The average molecular weight is 357 g/mol. The van der Waals surface area contributed by atoms with Crippen LogP contribution in [0.5, 0.6) is 0 Å². The maximum atomic E-state index is 5.99. The molecule has 5 nitrogen and oxygen atoms in total. The number of nitrogens with two attached hydrogens (primary N) is 1. The van der Waals surface area contributed by atoms with Crippen LogP contribution in [-0.4, -0.2) is 21.9 Å². The lowest BCUT2D eigenvalue weighted by molar-refractivity contribution is 0.764. The van der Waals surface area contributed by atoms with Gasteiger partial charge in [0.15, 0.2) is 5.84 Å². The van der Waals surface area contributed by atoms with Crippen LogP contribution < -0.4 is 11.1 Å². The Kier molecular flexibility index (Phi) is 4.77. The van der Waals surface area contributed by atoms with E-state index < -0.39 is 0 Å². The Bertz CT molecular complexity index is 1070. The highest BCUT2D eigenvalue weighted by atomic mass is 15.1. The van der Waals surface area contributed by atoms with Crippen LogP contribution in [0.2, 0.25) is 0 Å². The van der Waals surface area contributed by atoms with Crippen molar-refractivity contribution in [2.45, 2.75) is 26.3 Å². The molecule has 3 aromatic rings. The molecule has 0 atom stereocenters. The second kappa shape index (κ2) is 7.52. The number of hydrogen-bond acceptors (Lipinski definition) is 3. The molecule has 2 aromatic heterocycles. The summed E-state index contributed by atoms with van der Waals surface area (Å²) in [5.41, 5.74) is 12.1. The predicted molar refractivity (Wildman–Crippen MR) is 110 cm³/mol. The third-order valence-electron chi connectivity index (χ3n) is 4.66. The molecule has 0 amide bonds. The lowest BCUT2D eigenvalue weighted by Gasteiger charge is -2.13. The molecule has 0 aliphatic carbocycles. The van der Waals surface area contributed by atoms with Gasteiger partial charge in [-0.25, -0.2) is 0 Å². The smallest absolute Gasteiger partial charge is 0.151 e. The van der Waals surface area contributed by atoms with Crippen LogP contribution in [0.3, 0.4) is 0 Å². The van der Waals surface area contributed by atoms with Crippen molar-refractivity contribution in [3.8, 4) is 0 Å². The van der Waals surface area contributed by atoms with Gasteiger partial charge in [-0.3, -0.25) is 9.98 Å². The SMILES string of the molecule is CCCCN=C1NC(N)=C=Cc2ccn(Cc3cc4ccccc4cn3)c21. The van der Waals surface area contributed by atoms with E-state index in [2.05, 4.69) is 64.1 Å². The highest BCUT2D eigenvalue weighted by Gasteiger charge is 2.17. The number of fused-ring (bicyclic) bond motifs is 2. The third-order valence-corrected chi connectivity index (χ3v) is 4.66. The quantitative estimate of drug-likeness (QED) is 0.541. The molecule has 0 fully saturated rings. The van der Waals surface area contributed by atoms with Gasteiger partial charge in [0.25, 0.3) is 0 Å². The molecule has 0 bridgehead atoms. The monoisotopic (exact) mass is 357 g/mol. The molecule has 3 heterocycles. The molecule has 1 aliphatic heterocycles. The number of unbranched alkanes of at least 4 members (excludes halogenated alkanes) is 1. The van der Waals surface area contributed by atoms with Crippen LogP contribution in [0.4, 0.5) is 0 Å². The van der Waals surface area contributed by atoms with Crippen LogP contribution in [0.1, 0.15) is 36.7 Å². The first-order chi connectivity index (χ1) is 13.2. The van der Waals surface area contributed by atoms with Crippen LogP contribution in [0.25, 0.3) is 16.8 Å². The van der Waals surface area contributed by atoms with Crippen molar-refractivity contribution in [2.75, 3.05) is 6.54 Å². The average Bonchev–Trinajstić information content (AvgIpc) is 3.00. The van der Waals surface area contributed by atoms with Gasteiger partial charge in [0.1, 0.15) is 5.82 Å². The van der Waals surface area contributed by atoms with Gasteiger partial charge >= 0.3 is 0 Å². The molecule has 1 aliphatic rings. The third kappa shape index (κ3) is 3.64. The summed E-state index contributed by atoms with van der Waals surface area (Å²) in [5, 5.41) is 5.54. The van der Waals surface area contributed by atoms with E-state index in [0.29, 0.717) is 12.4 Å². The number of pyridine rings is 1. The van der Waals surface area contributed by atoms with Gasteiger partial charge in [-0.2, -0.15) is 0 Å². The van der Waals surface area contributed by atoms with Crippen molar-refractivity contribution in [1.82, 2.24) is 14.9 Å². The Labute approximate surface area is 158 Å². The van der Waals surface area contributed by atoms with Gasteiger partial charge < -0.3 is 15.6 Å². The van der Waals surface area contributed by atoms with Gasteiger partial charge in [-0.05, 0) is 30.0 Å². The molecule has 0 unspecified atom stereocenters. The summed E-state index contributed by atoms with van der Waals surface area (Å²) in [6.07, 6.45) is 8.06. The molecule has 0 radical (unpaired) electrons. The molecule has 27 heavy (non-hydrogen) atoms. The minimum absolute atomic E-state index is 0.483. The first-order valence-electron chi connectivity index (χ1n) is 9.31. The normalized spacial score (nSPS) is 14.7. The van der Waals surface area contributed by atoms with Gasteiger partial charge in [-0.15, -0.1) is 0 Å². The van der Waals surface area contributed by atoms with E-state index in [0.717, 1.165) is 47.6 Å². The van der Waals surface area contributed by atoms with E-state index in [1.165, 1.54) is 5.39 Å². The first-order valence-corrected chi connectivity index (χ1v) is 9.31. The molecule has 4 rings (SSSR count). The minimum Gasteiger partial charge on any atom is -0.379 e. The Balaban J connectivity index is 1.71. The van der Waals surface area contributed by atoms with Crippen LogP contribution in [0.15, 0.2) is 65.3 Å². The molecule has 5 heteroatoms. The summed E-state index contributed by atoms with van der Waals surface area (Å²) in [7, 11) is 0. The van der Waals surface area contributed by atoms with Crippen molar-refractivity contribution in [1.29, 1.82) is 0 Å². The fourth-order valence-electron chi connectivity index (χ4n) is 3.24. The second-order valence-electron chi connectivity index (χ2n) is 6.68. The minimum atomic E-state index is 0.483. The summed E-state index contributed by atoms with van der Waals surface area (Å²) in [4.78, 5) is 9.39. The topological polar surface area (TPSA) is 68.2 Å². The van der Waals surface area contributed by atoms with Gasteiger partial charge in [0, 0.05) is 29.9 Å². The lowest BCUT2D eigenvalue weighted by Crippen LogP contribution is -2.30. The van der Waals surface area contributed by atoms with E-state index in [9.17, 15) is 0 Å². The lowest BCUT2D eigenvalue weighted by atomic mass is 10.1. The number of aromatic nitrogens is 2. The zero-order valence-corrected chi connectivity index (χ0v) is 15.4. The van der Waals surface area contributed by atoms with Gasteiger partial charge in [-0.1, -0.05) is 43.3 Å². The fourth-order valence-corrected chi connectivity index (χ4v) is 3.24. The van der Waals surface area contributed by atoms with E-state index in [1.807, 2.05) is 18.3 Å². The summed E-state index contributed by atoms with van der Waals surface area (Å²) in [5.74, 6) is 1.28. The fraction of sp³-hybridized carbons (Fsp3) is 0.227. The first kappa shape index (κ1) is 17.1. The van der Waals surface area contributed by atoms with Crippen molar-refractivity contribution in [3.05, 3.63) is 77.3 Å². The number of nitrogens with one attached hydrogen (secondary N) is 1. The summed E-state index contributed by atoms with van der Waals surface area (Å²) in [6, 6.07) is 12.5. The molecular weight excluding hydrogens is 334 g/mol. The summed E-state index contributed by atoms with van der Waals surface area (Å²) in [6.45, 7) is 3.60. The van der Waals surface area contributed by atoms with Crippen LogP contribution in [0, 0.1) is 0 Å². The number of amidine groups is 1. The van der Waals surface area contributed by atoms with Crippen molar-refractivity contribution in [2.24, 2.45) is 10.7 Å². The molecule has 0 spiro atoms. The van der Waals surface area contributed by atoms with E-state index in [-0.39, 0.29) is 0 Å². The highest BCUT2D eigenvalue weighted by Crippen LogP contribution is 2.19. The zero-order chi connectivity index (χ0) is 18.6. The summed E-state index contributed by atoms with van der Waals surface area (Å²) < 4.78 is 2.17. The molecule has 0 saturated heterocycles. The number of aliphatic imine (C=N–C) groups is 1. The molecular formula is C22H23N5. The van der Waals surface area contributed by atoms with Crippen molar-refractivity contribution < 1.29 is 0 Å². The Morgan fingerprint density at radius 3 is 2.93 bits per heavy atom. The highest BCUT2D eigenvalue weighted by molar-refractivity contribution is 6.02. The zero-order valence-electron chi connectivity index (χ0n) is 15.4. The second-order valence-corrected chi connectivity index (χ2v) is 6.68. The standard InChI is InChI=1S/C22H23N5/c1-2-3-11-24-22-21-16(8-9-20(23)26-22)10-12-27(21)15-19-13-17-6-4-5-7-18(17)14-25-19/h4-8,10,12-14H,2-3,11,15,23H2,1H3,(H,24,26). The maximum Gasteiger partial charge on any atom is 0.151 e. The van der Waals surface area contributed by atoms with Crippen LogP contribution >= 0.6 is 0 Å². The molecule has 3 N–H and O–H groups in total. The van der Waals surface area contributed by atoms with Crippen LogP contribution in [-0.2, 0) is 6.54 Å². The van der Waals surface area contributed by atoms with E-state index in [4.69, 9.17) is 10.7 Å². The van der Waals surface area contributed by atoms with Gasteiger partial charge in [0.2, 0.25) is 0 Å². The predicted octanol–water partition coefficient (Wildman–Crippen LogP) is 3.65. The van der Waals surface area contributed by atoms with Crippen molar-refractivity contribution in [3.63, 3.8) is 0 Å². The molecule has 1 aromatic carbocycles. The van der Waals surface area contributed by atoms with E-state index >= 15 is 0 Å². The van der Waals surface area contributed by atoms with Crippen molar-refractivity contribution >= 4 is 22.7 Å².